The second-order valence-corrected chi connectivity index (χ2v) is 4.66. The van der Waals surface area contributed by atoms with Gasteiger partial charge in [-0.1, -0.05) is 23.7 Å². The minimum atomic E-state index is -1.26. The highest BCUT2D eigenvalue weighted by atomic mass is 35.5. The van der Waals surface area contributed by atoms with Crippen LogP contribution >= 0.6 is 11.6 Å². The van der Waals surface area contributed by atoms with Gasteiger partial charge in [-0.15, -0.1) is 0 Å². The highest BCUT2D eigenvalue weighted by Crippen LogP contribution is 2.23. The minimum absolute atomic E-state index is 0.289. The number of rotatable bonds is 4. The Morgan fingerprint density at radius 3 is 2.38 bits per heavy atom. The number of halogens is 1. The molecule has 0 fully saturated rings. The van der Waals surface area contributed by atoms with Gasteiger partial charge < -0.3 is 10.2 Å². The molecule has 2 atom stereocenters. The monoisotopic (exact) mass is 242 g/mol. The Labute approximate surface area is 99.7 Å². The molecule has 16 heavy (non-hydrogen) atoms. The van der Waals surface area contributed by atoms with E-state index in [1.54, 1.807) is 24.3 Å². The van der Waals surface area contributed by atoms with Crippen LogP contribution in [0.15, 0.2) is 24.3 Å². The number of aliphatic hydroxyl groups is 1. The number of hydrogen-bond donors (Lipinski definition) is 2. The van der Waals surface area contributed by atoms with Crippen molar-refractivity contribution >= 4 is 17.6 Å². The molecule has 0 aromatic heterocycles. The Balaban J connectivity index is 2.79. The molecule has 0 radical (unpaired) electrons. The lowest BCUT2D eigenvalue weighted by atomic mass is 9.85. The van der Waals surface area contributed by atoms with Crippen molar-refractivity contribution in [3.63, 3.8) is 0 Å². The molecule has 0 heterocycles. The van der Waals surface area contributed by atoms with Crippen LogP contribution in [0.5, 0.6) is 0 Å². The maximum Gasteiger partial charge on any atom is 0.309 e. The number of carbonyl (C=O) groups is 1. The number of aliphatic carboxylic acids is 1. The summed E-state index contributed by atoms with van der Waals surface area (Å²) in [6, 6.07) is 7.01. The summed E-state index contributed by atoms with van der Waals surface area (Å²) in [6.07, 6.45) is 0.289. The van der Waals surface area contributed by atoms with Crippen LogP contribution in [0.1, 0.15) is 19.4 Å². The van der Waals surface area contributed by atoms with Crippen molar-refractivity contribution in [3.05, 3.63) is 34.9 Å². The molecule has 0 spiro atoms. The first kappa shape index (κ1) is 13.0. The van der Waals surface area contributed by atoms with Crippen molar-refractivity contribution in [1.82, 2.24) is 0 Å². The molecule has 0 aliphatic heterocycles. The Morgan fingerprint density at radius 2 is 1.94 bits per heavy atom. The van der Waals surface area contributed by atoms with Crippen LogP contribution in [-0.4, -0.2) is 21.8 Å². The summed E-state index contributed by atoms with van der Waals surface area (Å²) in [5.41, 5.74) is -0.401. The summed E-state index contributed by atoms with van der Waals surface area (Å²) >= 11 is 5.74. The summed E-state index contributed by atoms with van der Waals surface area (Å²) in [5, 5.41) is 19.5. The molecule has 0 bridgehead atoms. The molecule has 1 aromatic carbocycles. The van der Waals surface area contributed by atoms with Crippen LogP contribution in [-0.2, 0) is 11.2 Å². The van der Waals surface area contributed by atoms with E-state index in [2.05, 4.69) is 0 Å². The molecule has 88 valence electrons. The highest BCUT2D eigenvalue weighted by molar-refractivity contribution is 6.30. The molecular weight excluding hydrogens is 228 g/mol. The first-order valence-electron chi connectivity index (χ1n) is 5.02. The molecule has 0 saturated carbocycles. The third kappa shape index (κ3) is 3.22. The number of carboxylic acid groups (broad SMARTS) is 1. The molecule has 1 aromatic rings. The second kappa shape index (κ2) is 4.85. The Morgan fingerprint density at radius 1 is 1.44 bits per heavy atom. The number of benzene rings is 1. The quantitative estimate of drug-likeness (QED) is 0.852. The van der Waals surface area contributed by atoms with Crippen LogP contribution in [0, 0.1) is 5.92 Å². The van der Waals surface area contributed by atoms with Crippen LogP contribution in [0.4, 0.5) is 0 Å². The number of hydrogen-bond acceptors (Lipinski definition) is 2. The lowest BCUT2D eigenvalue weighted by Crippen LogP contribution is -2.39. The second-order valence-electron chi connectivity index (χ2n) is 4.22. The van der Waals surface area contributed by atoms with Crippen LogP contribution in [0.2, 0.25) is 5.02 Å². The molecule has 4 heteroatoms. The first-order valence-corrected chi connectivity index (χ1v) is 5.40. The SMILES string of the molecule is CC(C(=O)O)C(C)(O)Cc1ccc(Cl)cc1. The van der Waals surface area contributed by atoms with Gasteiger partial charge in [0.2, 0.25) is 0 Å². The van der Waals surface area contributed by atoms with Crippen molar-refractivity contribution in [3.8, 4) is 0 Å². The molecule has 1 rings (SSSR count). The van der Waals surface area contributed by atoms with E-state index >= 15 is 0 Å². The first-order chi connectivity index (χ1) is 7.33. The summed E-state index contributed by atoms with van der Waals surface area (Å²) in [5.74, 6) is -1.82. The van der Waals surface area contributed by atoms with Crippen LogP contribution in [0.3, 0.4) is 0 Å². The van der Waals surface area contributed by atoms with Gasteiger partial charge in [-0.05, 0) is 31.5 Å². The average molecular weight is 243 g/mol. The van der Waals surface area contributed by atoms with E-state index in [0.717, 1.165) is 5.56 Å². The predicted octanol–water partition coefficient (Wildman–Crippen LogP) is 2.35. The van der Waals surface area contributed by atoms with Crippen LogP contribution < -0.4 is 0 Å². The summed E-state index contributed by atoms with van der Waals surface area (Å²) in [4.78, 5) is 10.8. The fourth-order valence-electron chi connectivity index (χ4n) is 1.43. The van der Waals surface area contributed by atoms with Crippen molar-refractivity contribution in [2.24, 2.45) is 5.92 Å². The highest BCUT2D eigenvalue weighted by Gasteiger charge is 2.33. The summed E-state index contributed by atoms with van der Waals surface area (Å²) in [7, 11) is 0. The van der Waals surface area contributed by atoms with E-state index in [0.29, 0.717) is 5.02 Å². The Hall–Kier alpha value is -1.06. The molecule has 0 saturated heterocycles. The topological polar surface area (TPSA) is 57.5 Å². The van der Waals surface area contributed by atoms with E-state index in [1.807, 2.05) is 0 Å². The standard InChI is InChI=1S/C12H15ClO3/c1-8(11(14)15)12(2,16)7-9-3-5-10(13)6-4-9/h3-6,8,16H,7H2,1-2H3,(H,14,15). The van der Waals surface area contributed by atoms with E-state index in [9.17, 15) is 9.90 Å². The van der Waals surface area contributed by atoms with Crippen molar-refractivity contribution in [1.29, 1.82) is 0 Å². The molecule has 0 aliphatic carbocycles. The van der Waals surface area contributed by atoms with Gasteiger partial charge in [0.25, 0.3) is 0 Å². The van der Waals surface area contributed by atoms with Gasteiger partial charge in [0, 0.05) is 11.4 Å². The summed E-state index contributed by atoms with van der Waals surface area (Å²) < 4.78 is 0. The minimum Gasteiger partial charge on any atom is -0.481 e. The molecule has 3 nitrogen and oxygen atoms in total. The van der Waals surface area contributed by atoms with Crippen molar-refractivity contribution in [2.45, 2.75) is 25.9 Å². The normalized spacial score (nSPS) is 16.5. The maximum absolute atomic E-state index is 10.8. The molecule has 0 amide bonds. The predicted molar refractivity (Wildman–Crippen MR) is 62.6 cm³/mol. The third-order valence-electron chi connectivity index (χ3n) is 2.78. The lowest BCUT2D eigenvalue weighted by Gasteiger charge is -2.27. The zero-order valence-electron chi connectivity index (χ0n) is 9.27. The van der Waals surface area contributed by atoms with E-state index in [4.69, 9.17) is 16.7 Å². The zero-order chi connectivity index (χ0) is 12.3. The molecule has 2 N–H and O–H groups in total. The molecular formula is C12H15ClO3. The third-order valence-corrected chi connectivity index (χ3v) is 3.03. The van der Waals surface area contributed by atoms with E-state index in [1.165, 1.54) is 13.8 Å². The Bertz CT molecular complexity index is 370. The molecule has 2 unspecified atom stereocenters. The zero-order valence-corrected chi connectivity index (χ0v) is 10.0. The molecule has 0 aliphatic rings. The smallest absolute Gasteiger partial charge is 0.309 e. The fourth-order valence-corrected chi connectivity index (χ4v) is 1.56. The number of carboxylic acids is 1. The van der Waals surface area contributed by atoms with Gasteiger partial charge in [-0.25, -0.2) is 0 Å². The lowest BCUT2D eigenvalue weighted by molar-refractivity contribution is -0.149. The van der Waals surface area contributed by atoms with Crippen molar-refractivity contribution in [2.75, 3.05) is 0 Å². The fraction of sp³-hybridized carbons (Fsp3) is 0.417. The van der Waals surface area contributed by atoms with Gasteiger partial charge in [0.05, 0.1) is 11.5 Å². The van der Waals surface area contributed by atoms with E-state index < -0.39 is 17.5 Å². The Kier molecular flexibility index (Phi) is 3.94. The van der Waals surface area contributed by atoms with Crippen molar-refractivity contribution < 1.29 is 15.0 Å². The van der Waals surface area contributed by atoms with Gasteiger partial charge in [-0.2, -0.15) is 0 Å². The van der Waals surface area contributed by atoms with Gasteiger partial charge >= 0.3 is 5.97 Å². The van der Waals surface area contributed by atoms with Gasteiger partial charge in [0.1, 0.15) is 0 Å². The summed E-state index contributed by atoms with van der Waals surface area (Å²) in [6.45, 7) is 3.03. The van der Waals surface area contributed by atoms with Gasteiger partial charge in [-0.3, -0.25) is 4.79 Å². The largest absolute Gasteiger partial charge is 0.481 e. The maximum atomic E-state index is 10.8. The average Bonchev–Trinajstić information content (AvgIpc) is 2.20. The van der Waals surface area contributed by atoms with Gasteiger partial charge in [0.15, 0.2) is 0 Å². The van der Waals surface area contributed by atoms with E-state index in [-0.39, 0.29) is 6.42 Å². The van der Waals surface area contributed by atoms with Crippen LogP contribution in [0.25, 0.3) is 0 Å².